The number of hydrogen-bond acceptors (Lipinski definition) is 7. The molecule has 7 atom stereocenters. The maximum atomic E-state index is 11.9. The molecule has 1 amide bonds. The van der Waals surface area contributed by atoms with Crippen LogP contribution in [0.1, 0.15) is 25.7 Å². The second-order valence-corrected chi connectivity index (χ2v) is 7.15. The van der Waals surface area contributed by atoms with Crippen LogP contribution < -0.4 is 5.32 Å². The zero-order valence-corrected chi connectivity index (χ0v) is 16.9. The van der Waals surface area contributed by atoms with Crippen molar-refractivity contribution in [3.05, 3.63) is 48.6 Å². The van der Waals surface area contributed by atoms with E-state index in [1.807, 2.05) is 30.3 Å². The highest BCUT2D eigenvalue weighted by molar-refractivity contribution is 5.73. The lowest BCUT2D eigenvalue weighted by Gasteiger charge is -2.49. The molecule has 2 unspecified atom stereocenters. The molecule has 1 aromatic carbocycles. The van der Waals surface area contributed by atoms with Gasteiger partial charge in [-0.05, 0) is 6.92 Å². The van der Waals surface area contributed by atoms with Crippen LogP contribution in [0.2, 0.25) is 0 Å². The van der Waals surface area contributed by atoms with Crippen LogP contribution in [0, 0.1) is 0 Å². The lowest BCUT2D eigenvalue weighted by molar-refractivity contribution is -0.349. The summed E-state index contributed by atoms with van der Waals surface area (Å²) in [5.74, 6) is -1.47. The summed E-state index contributed by atoms with van der Waals surface area (Å²) in [6.07, 6.45) is -3.25. The lowest BCUT2D eigenvalue weighted by Crippen LogP contribution is -2.68. The minimum Gasteiger partial charge on any atom is -0.479 e. The molecule has 0 aromatic heterocycles. The lowest BCUT2D eigenvalue weighted by atomic mass is 9.95. The first-order valence-corrected chi connectivity index (χ1v) is 9.76. The van der Waals surface area contributed by atoms with E-state index < -0.39 is 49.0 Å². The molecular weight excluding hydrogens is 394 g/mol. The normalized spacial score (nSPS) is 31.9. The fraction of sp³-hybridized carbons (Fsp3) is 0.524. The third-order valence-corrected chi connectivity index (χ3v) is 4.87. The topological polar surface area (TPSA) is 113 Å². The summed E-state index contributed by atoms with van der Waals surface area (Å²) in [5, 5.41) is 12.1. The Morgan fingerprint density at radius 2 is 2.07 bits per heavy atom. The standard InChI is InChI=1S/C21H27NO8/c1-4-10-26-21-16(22-13(3)23)18(28-12(2)19(24)25)17-15(29-21)11-27-20(30-17)14-8-6-5-7-9-14/h4-9,12,15-18,20-21H,1,10-11H2,2-3H3,(H,22,23)(H,24,25)/t12?,15-,16-,17-,18-,20?,21+/m1/s1. The minimum atomic E-state index is -1.13. The molecule has 1 aromatic rings. The monoisotopic (exact) mass is 421 g/mol. The van der Waals surface area contributed by atoms with Gasteiger partial charge in [-0.15, -0.1) is 6.58 Å². The van der Waals surface area contributed by atoms with Crippen molar-refractivity contribution >= 4 is 11.9 Å². The Morgan fingerprint density at radius 3 is 2.70 bits per heavy atom. The van der Waals surface area contributed by atoms with Gasteiger partial charge >= 0.3 is 5.97 Å². The Labute approximate surface area is 174 Å². The number of carboxylic acids is 1. The van der Waals surface area contributed by atoms with Crippen LogP contribution in [0.25, 0.3) is 0 Å². The van der Waals surface area contributed by atoms with Crippen molar-refractivity contribution in [2.75, 3.05) is 13.2 Å². The molecule has 0 saturated carbocycles. The number of carbonyl (C=O) groups is 2. The number of amides is 1. The van der Waals surface area contributed by atoms with Crippen LogP contribution >= 0.6 is 0 Å². The molecule has 9 nitrogen and oxygen atoms in total. The molecule has 0 spiro atoms. The highest BCUT2D eigenvalue weighted by Crippen LogP contribution is 2.36. The number of rotatable bonds is 8. The summed E-state index contributed by atoms with van der Waals surface area (Å²) < 4.78 is 29.5. The van der Waals surface area contributed by atoms with Crippen molar-refractivity contribution in [3.63, 3.8) is 0 Å². The Balaban J connectivity index is 1.89. The summed E-state index contributed by atoms with van der Waals surface area (Å²) in [4.78, 5) is 23.3. The third kappa shape index (κ3) is 5.24. The Kier molecular flexibility index (Phi) is 7.57. The molecule has 0 bridgehead atoms. The van der Waals surface area contributed by atoms with Gasteiger partial charge in [-0.2, -0.15) is 0 Å². The molecule has 164 valence electrons. The second kappa shape index (κ2) is 10.1. The van der Waals surface area contributed by atoms with E-state index in [9.17, 15) is 14.7 Å². The van der Waals surface area contributed by atoms with Crippen LogP contribution in [0.5, 0.6) is 0 Å². The number of nitrogens with one attached hydrogen (secondary N) is 1. The molecule has 2 aliphatic heterocycles. The van der Waals surface area contributed by atoms with E-state index in [1.54, 1.807) is 6.08 Å². The number of fused-ring (bicyclic) bond motifs is 1. The van der Waals surface area contributed by atoms with Gasteiger partial charge in [0, 0.05) is 12.5 Å². The fourth-order valence-corrected chi connectivity index (χ4v) is 3.50. The van der Waals surface area contributed by atoms with E-state index in [1.165, 1.54) is 13.8 Å². The van der Waals surface area contributed by atoms with Crippen LogP contribution in [0.4, 0.5) is 0 Å². The van der Waals surface area contributed by atoms with Gasteiger partial charge in [-0.25, -0.2) is 4.79 Å². The first-order chi connectivity index (χ1) is 14.4. The average molecular weight is 421 g/mol. The SMILES string of the molecule is C=CCO[C@H]1O[C@@H]2COC(c3ccccc3)O[C@H]2[C@H](OC(C)C(=O)O)[C@H]1NC(C)=O. The summed E-state index contributed by atoms with van der Waals surface area (Å²) in [7, 11) is 0. The third-order valence-electron chi connectivity index (χ3n) is 4.87. The van der Waals surface area contributed by atoms with Gasteiger partial charge in [0.2, 0.25) is 5.91 Å². The molecule has 2 heterocycles. The van der Waals surface area contributed by atoms with Gasteiger partial charge in [0.15, 0.2) is 18.7 Å². The molecular formula is C21H27NO8. The first-order valence-electron chi connectivity index (χ1n) is 9.76. The van der Waals surface area contributed by atoms with Gasteiger partial charge < -0.3 is 34.1 Å². The summed E-state index contributed by atoms with van der Waals surface area (Å²) >= 11 is 0. The Hall–Kier alpha value is -2.30. The van der Waals surface area contributed by atoms with Gasteiger partial charge in [0.1, 0.15) is 24.4 Å². The molecule has 2 aliphatic rings. The van der Waals surface area contributed by atoms with Gasteiger partial charge in [-0.3, -0.25) is 4.79 Å². The predicted molar refractivity (Wildman–Crippen MR) is 104 cm³/mol. The van der Waals surface area contributed by atoms with Gasteiger partial charge in [-0.1, -0.05) is 36.4 Å². The smallest absolute Gasteiger partial charge is 0.332 e. The number of carbonyl (C=O) groups excluding carboxylic acids is 1. The quantitative estimate of drug-likeness (QED) is 0.606. The number of ether oxygens (including phenoxy) is 5. The molecule has 2 saturated heterocycles. The van der Waals surface area contributed by atoms with Crippen molar-refractivity contribution in [3.8, 4) is 0 Å². The van der Waals surface area contributed by atoms with Crippen LogP contribution in [-0.4, -0.2) is 66.9 Å². The molecule has 9 heteroatoms. The maximum absolute atomic E-state index is 11.9. The van der Waals surface area contributed by atoms with Crippen LogP contribution in [0.15, 0.2) is 43.0 Å². The highest BCUT2D eigenvalue weighted by Gasteiger charge is 2.52. The average Bonchev–Trinajstić information content (AvgIpc) is 2.73. The minimum absolute atomic E-state index is 0.174. The van der Waals surface area contributed by atoms with Crippen molar-refractivity contribution in [1.29, 1.82) is 0 Å². The van der Waals surface area contributed by atoms with E-state index in [2.05, 4.69) is 11.9 Å². The molecule has 2 N–H and O–H groups in total. The molecule has 30 heavy (non-hydrogen) atoms. The van der Waals surface area contributed by atoms with E-state index >= 15 is 0 Å². The first kappa shape index (κ1) is 22.4. The van der Waals surface area contributed by atoms with Crippen LogP contribution in [0.3, 0.4) is 0 Å². The zero-order valence-electron chi connectivity index (χ0n) is 16.9. The van der Waals surface area contributed by atoms with Crippen molar-refractivity contribution in [2.24, 2.45) is 0 Å². The van der Waals surface area contributed by atoms with Gasteiger partial charge in [0.05, 0.1) is 13.2 Å². The van der Waals surface area contributed by atoms with Gasteiger partial charge in [0.25, 0.3) is 0 Å². The predicted octanol–water partition coefficient (Wildman–Crippen LogP) is 1.39. The van der Waals surface area contributed by atoms with E-state index in [-0.39, 0.29) is 19.1 Å². The Bertz CT molecular complexity index is 742. The van der Waals surface area contributed by atoms with Crippen molar-refractivity contribution in [2.45, 2.75) is 56.9 Å². The van der Waals surface area contributed by atoms with E-state index in [0.717, 1.165) is 5.56 Å². The molecule has 0 aliphatic carbocycles. The summed E-state index contributed by atoms with van der Waals surface area (Å²) in [6, 6.07) is 8.56. The molecule has 2 fully saturated rings. The number of carboxylic acid groups (broad SMARTS) is 1. The summed E-state index contributed by atoms with van der Waals surface area (Å²) in [6.45, 7) is 6.76. The Morgan fingerprint density at radius 1 is 1.33 bits per heavy atom. The fourth-order valence-electron chi connectivity index (χ4n) is 3.50. The number of benzene rings is 1. The van der Waals surface area contributed by atoms with Crippen molar-refractivity contribution in [1.82, 2.24) is 5.32 Å². The number of hydrogen-bond donors (Lipinski definition) is 2. The maximum Gasteiger partial charge on any atom is 0.332 e. The zero-order chi connectivity index (χ0) is 21.7. The van der Waals surface area contributed by atoms with Crippen molar-refractivity contribution < 1.29 is 38.4 Å². The highest BCUT2D eigenvalue weighted by atomic mass is 16.8. The second-order valence-electron chi connectivity index (χ2n) is 7.15. The van der Waals surface area contributed by atoms with E-state index in [4.69, 9.17) is 23.7 Å². The molecule has 3 rings (SSSR count). The summed E-state index contributed by atoms with van der Waals surface area (Å²) in [5.41, 5.74) is 0.807. The van der Waals surface area contributed by atoms with Crippen LogP contribution in [-0.2, 0) is 33.3 Å². The van der Waals surface area contributed by atoms with E-state index in [0.29, 0.717) is 0 Å². The molecule has 0 radical (unpaired) electrons. The largest absolute Gasteiger partial charge is 0.479 e. The number of aliphatic carboxylic acids is 1.